The molecule has 0 heterocycles. The van der Waals surface area contributed by atoms with Crippen molar-refractivity contribution in [3.63, 3.8) is 0 Å². The van der Waals surface area contributed by atoms with Crippen LogP contribution in [0.5, 0.6) is 0 Å². The zero-order valence-corrected chi connectivity index (χ0v) is 6.01. The van der Waals surface area contributed by atoms with E-state index in [2.05, 4.69) is 20.9 Å². The largest absolute Gasteiger partial charge is 0.372 e. The Bertz CT molecular complexity index is 111. The lowest BCUT2D eigenvalue weighted by Crippen LogP contribution is -1.96. The van der Waals surface area contributed by atoms with Crippen LogP contribution >= 0.6 is 15.9 Å². The van der Waals surface area contributed by atoms with Gasteiger partial charge in [-0.2, -0.15) is 0 Å². The molecule has 0 saturated heterocycles. The number of nitrogens with zero attached hydrogens (tertiary/aromatic N) is 1. The summed E-state index contributed by atoms with van der Waals surface area (Å²) in [5, 5.41) is 15.2. The molecule has 2 N–H and O–H groups in total. The molecular weight excluding hydrogens is 172 g/mol. The van der Waals surface area contributed by atoms with Gasteiger partial charge in [0.05, 0.1) is 6.21 Å². The third kappa shape index (κ3) is 5.78. The van der Waals surface area contributed by atoms with Crippen molar-refractivity contribution in [1.29, 1.82) is 5.41 Å². The Balaban J connectivity index is 3.50. The minimum Gasteiger partial charge on any atom is -0.372 e. The molecule has 0 aromatic carbocycles. The molecule has 3 nitrogen and oxygen atoms in total. The molecule has 0 aliphatic rings. The maximum absolute atomic E-state index is 8.49. The Hall–Kier alpha value is -0.220. The van der Waals surface area contributed by atoms with E-state index < -0.39 is 6.23 Å². The van der Waals surface area contributed by atoms with Crippen molar-refractivity contribution in [3.05, 3.63) is 0 Å². The fourth-order valence-corrected chi connectivity index (χ4v) is 0.292. The molecule has 46 valence electrons. The minimum absolute atomic E-state index is 0.165. The molecule has 8 heavy (non-hydrogen) atoms. The second kappa shape index (κ2) is 3.74. The molecule has 0 aromatic rings. The Labute approximate surface area is 56.1 Å². The van der Waals surface area contributed by atoms with Crippen molar-refractivity contribution in [3.8, 4) is 0 Å². The van der Waals surface area contributed by atoms with Gasteiger partial charge in [0.15, 0.2) is 0 Å². The van der Waals surface area contributed by atoms with Gasteiger partial charge in [-0.1, -0.05) is 0 Å². The van der Waals surface area contributed by atoms with Crippen LogP contribution in [-0.2, 0) is 0 Å². The van der Waals surface area contributed by atoms with Crippen LogP contribution in [0.1, 0.15) is 6.92 Å². The zero-order valence-electron chi connectivity index (χ0n) is 4.43. The van der Waals surface area contributed by atoms with Gasteiger partial charge in [-0.15, -0.1) is 0 Å². The van der Waals surface area contributed by atoms with Crippen LogP contribution in [0.2, 0.25) is 0 Å². The average molecular weight is 179 g/mol. The van der Waals surface area contributed by atoms with Crippen molar-refractivity contribution >= 4 is 26.8 Å². The van der Waals surface area contributed by atoms with Gasteiger partial charge in [0.25, 0.3) is 0 Å². The van der Waals surface area contributed by atoms with Crippen LogP contribution in [0.15, 0.2) is 4.99 Å². The van der Waals surface area contributed by atoms with Crippen LogP contribution in [0.25, 0.3) is 0 Å². The van der Waals surface area contributed by atoms with Gasteiger partial charge in [0.2, 0.25) is 0 Å². The molecule has 0 radical (unpaired) electrons. The Morgan fingerprint density at radius 2 is 2.50 bits per heavy atom. The molecular formula is C4H7BrN2O. The van der Waals surface area contributed by atoms with Crippen molar-refractivity contribution < 1.29 is 5.11 Å². The second-order valence-corrected chi connectivity index (χ2v) is 2.11. The third-order valence-electron chi connectivity index (χ3n) is 0.404. The van der Waals surface area contributed by atoms with Crippen molar-refractivity contribution in [2.24, 2.45) is 4.99 Å². The van der Waals surface area contributed by atoms with Crippen LogP contribution in [-0.4, -0.2) is 22.2 Å². The first kappa shape index (κ1) is 7.78. The van der Waals surface area contributed by atoms with Gasteiger partial charge in [0, 0.05) is 0 Å². The lowest BCUT2D eigenvalue weighted by molar-refractivity contribution is 0.206. The van der Waals surface area contributed by atoms with E-state index in [1.54, 1.807) is 0 Å². The molecule has 1 atom stereocenters. The predicted octanol–water partition coefficient (Wildman–Crippen LogP) is 0.768. The predicted molar refractivity (Wildman–Crippen MR) is 36.8 cm³/mol. The molecule has 0 bridgehead atoms. The number of aliphatic hydroxyl groups is 1. The Morgan fingerprint density at radius 1 is 2.00 bits per heavy atom. The molecule has 0 saturated carbocycles. The molecule has 0 aliphatic carbocycles. The van der Waals surface area contributed by atoms with E-state index >= 15 is 0 Å². The summed E-state index contributed by atoms with van der Waals surface area (Å²) in [6, 6.07) is 0. The maximum Gasteiger partial charge on any atom is 0.142 e. The fourth-order valence-electron chi connectivity index (χ4n) is 0.173. The molecule has 0 aromatic heterocycles. The van der Waals surface area contributed by atoms with Gasteiger partial charge >= 0.3 is 0 Å². The number of aliphatic imine (C=N–C) groups is 1. The van der Waals surface area contributed by atoms with Gasteiger partial charge in [-0.05, 0) is 22.9 Å². The summed E-state index contributed by atoms with van der Waals surface area (Å²) in [6.07, 6.45) is 0.526. The van der Waals surface area contributed by atoms with Crippen LogP contribution < -0.4 is 0 Å². The fraction of sp³-hybridized carbons (Fsp3) is 0.500. The number of hydrogen-bond donors (Lipinski definition) is 2. The normalized spacial score (nSPS) is 14.4. The number of halogens is 1. The smallest absolute Gasteiger partial charge is 0.142 e. The van der Waals surface area contributed by atoms with Crippen molar-refractivity contribution in [2.45, 2.75) is 13.2 Å². The van der Waals surface area contributed by atoms with Gasteiger partial charge in [-0.25, -0.2) is 0 Å². The molecule has 0 spiro atoms. The summed E-state index contributed by atoms with van der Waals surface area (Å²) in [4.78, 5) is 3.48. The van der Waals surface area contributed by atoms with Gasteiger partial charge < -0.3 is 5.11 Å². The summed E-state index contributed by atoms with van der Waals surface area (Å²) >= 11 is 2.83. The monoisotopic (exact) mass is 178 g/mol. The van der Waals surface area contributed by atoms with E-state index in [1.807, 2.05) is 0 Å². The molecule has 0 amide bonds. The number of rotatable bonds is 2. The summed E-state index contributed by atoms with van der Waals surface area (Å²) in [5.74, 6) is 0. The molecule has 0 fully saturated rings. The molecule has 4 heteroatoms. The average Bonchev–Trinajstić information content (AvgIpc) is 1.61. The van der Waals surface area contributed by atoms with E-state index in [0.29, 0.717) is 0 Å². The first-order valence-corrected chi connectivity index (χ1v) is 2.87. The highest BCUT2D eigenvalue weighted by atomic mass is 79.9. The Morgan fingerprint density at radius 3 is 2.62 bits per heavy atom. The zero-order chi connectivity index (χ0) is 6.57. The third-order valence-corrected chi connectivity index (χ3v) is 0.608. The minimum atomic E-state index is -0.715. The summed E-state index contributed by atoms with van der Waals surface area (Å²) in [6.45, 7) is 1.52. The van der Waals surface area contributed by atoms with E-state index in [1.165, 1.54) is 13.1 Å². The first-order valence-electron chi connectivity index (χ1n) is 2.08. The van der Waals surface area contributed by atoms with E-state index in [4.69, 9.17) is 10.5 Å². The highest BCUT2D eigenvalue weighted by molar-refractivity contribution is 9.19. The lowest BCUT2D eigenvalue weighted by atomic mass is 10.7. The molecule has 0 aliphatic heterocycles. The summed E-state index contributed by atoms with van der Waals surface area (Å²) in [5.41, 5.74) is 0. The lowest BCUT2D eigenvalue weighted by Gasteiger charge is -1.89. The highest BCUT2D eigenvalue weighted by Crippen LogP contribution is 1.83. The first-order chi connectivity index (χ1) is 3.63. The number of hydrogen-bond acceptors (Lipinski definition) is 3. The number of aliphatic hydroxyl groups excluding tert-OH is 1. The van der Waals surface area contributed by atoms with Crippen LogP contribution in [0.4, 0.5) is 0 Å². The maximum atomic E-state index is 8.49. The van der Waals surface area contributed by atoms with E-state index in [9.17, 15) is 0 Å². The van der Waals surface area contributed by atoms with Gasteiger partial charge in [0.1, 0.15) is 10.8 Å². The number of nitrogens with one attached hydrogen (secondary N) is 1. The second-order valence-electron chi connectivity index (χ2n) is 1.26. The highest BCUT2D eigenvalue weighted by Gasteiger charge is 1.84. The molecule has 0 rings (SSSR count). The van der Waals surface area contributed by atoms with Crippen molar-refractivity contribution in [1.82, 2.24) is 0 Å². The van der Waals surface area contributed by atoms with Gasteiger partial charge in [-0.3, -0.25) is 10.4 Å². The van der Waals surface area contributed by atoms with E-state index in [0.717, 1.165) is 0 Å². The quantitative estimate of drug-likeness (QED) is 0.604. The Kier molecular flexibility index (Phi) is 3.64. The summed E-state index contributed by atoms with van der Waals surface area (Å²) < 4.78 is 0.165. The van der Waals surface area contributed by atoms with Crippen LogP contribution in [0, 0.1) is 5.41 Å². The van der Waals surface area contributed by atoms with E-state index in [-0.39, 0.29) is 4.62 Å². The molecule has 1 unspecified atom stereocenters. The SMILES string of the molecule is CC(O)/N=C\C(=N)Br. The standard InChI is InChI=1S/C4H7BrN2O/c1-3(8)7-2-4(5)6/h2-3,6,8H,1H3/b6-4?,7-2-. The van der Waals surface area contributed by atoms with Crippen molar-refractivity contribution in [2.75, 3.05) is 0 Å². The topological polar surface area (TPSA) is 56.4 Å². The van der Waals surface area contributed by atoms with Crippen LogP contribution in [0.3, 0.4) is 0 Å². The summed E-state index contributed by atoms with van der Waals surface area (Å²) in [7, 11) is 0.